The summed E-state index contributed by atoms with van der Waals surface area (Å²) in [5, 5.41) is 23.9. The van der Waals surface area contributed by atoms with Crippen molar-refractivity contribution in [3.63, 3.8) is 0 Å². The molecular weight excluding hydrogens is 568 g/mol. The standard InChI is InChI=1S/C30H34N8O4S/c1-16(20-7-5-12-37(20)2)42-23-14-22(38-13-9-19(36-38)29(40)41)34-28(35-23)25(32)17-6-3-10-30(26(17)39)11-4-8-21-24(30)18(15-31)27(33)43-21/h9,13-14,16,20H,3-8,10-12,32-33H2,1-2H3,(H,40,41)/t16-,20-,30-/m0/s1. The molecule has 0 radical (unpaired) electrons. The molecule has 1 saturated carbocycles. The third-order valence-corrected chi connectivity index (χ3v) is 10.1. The Morgan fingerprint density at radius 1 is 1.28 bits per heavy atom. The van der Waals surface area contributed by atoms with E-state index >= 15 is 0 Å². The number of carbonyl (C=O) groups is 2. The predicted molar refractivity (Wildman–Crippen MR) is 160 cm³/mol. The number of likely N-dealkylation sites (N-methyl/N-ethyl adjacent to an activating group) is 1. The van der Waals surface area contributed by atoms with E-state index in [0.29, 0.717) is 41.8 Å². The summed E-state index contributed by atoms with van der Waals surface area (Å²) in [7, 11) is 2.06. The highest BCUT2D eigenvalue weighted by Crippen LogP contribution is 2.52. The Bertz CT molecular complexity index is 1690. The molecule has 3 atom stereocenters. The number of hydrogen-bond acceptors (Lipinski definition) is 11. The largest absolute Gasteiger partial charge is 0.476 e. The van der Waals surface area contributed by atoms with E-state index in [9.17, 15) is 20.0 Å². The molecule has 1 saturated heterocycles. The lowest BCUT2D eigenvalue weighted by Crippen LogP contribution is -2.43. The Balaban J connectivity index is 1.43. The lowest BCUT2D eigenvalue weighted by atomic mass is 9.61. The molecule has 12 nitrogen and oxygen atoms in total. The van der Waals surface area contributed by atoms with E-state index in [4.69, 9.17) is 16.2 Å². The van der Waals surface area contributed by atoms with Gasteiger partial charge in [0.2, 0.25) is 5.88 Å². The van der Waals surface area contributed by atoms with E-state index in [0.717, 1.165) is 42.7 Å². The summed E-state index contributed by atoms with van der Waals surface area (Å²) < 4.78 is 7.65. The van der Waals surface area contributed by atoms with Crippen LogP contribution in [-0.4, -0.2) is 67.2 Å². The number of nitriles is 1. The van der Waals surface area contributed by atoms with Crippen LogP contribution >= 0.6 is 11.3 Å². The predicted octanol–water partition coefficient (Wildman–Crippen LogP) is 3.43. The van der Waals surface area contributed by atoms with Crippen LogP contribution in [0.3, 0.4) is 0 Å². The number of rotatable bonds is 6. The van der Waals surface area contributed by atoms with Crippen LogP contribution in [0.1, 0.15) is 84.2 Å². The number of Topliss-reactive ketones (excluding diaryl/α,β-unsaturated/α-hetero) is 1. The van der Waals surface area contributed by atoms with Gasteiger partial charge in [0.1, 0.15) is 17.2 Å². The van der Waals surface area contributed by atoms with Crippen molar-refractivity contribution in [1.29, 1.82) is 5.26 Å². The number of likely N-dealkylation sites (tertiary alicyclic amines) is 1. The van der Waals surface area contributed by atoms with Crippen molar-refractivity contribution in [3.05, 3.63) is 51.4 Å². The highest BCUT2D eigenvalue weighted by molar-refractivity contribution is 7.16. The van der Waals surface area contributed by atoms with Crippen LogP contribution in [0.15, 0.2) is 23.9 Å². The molecule has 13 heteroatoms. The molecule has 1 spiro atoms. The average Bonchev–Trinajstić information content (AvgIpc) is 3.72. The van der Waals surface area contributed by atoms with Gasteiger partial charge in [-0.1, -0.05) is 0 Å². The Kier molecular flexibility index (Phi) is 7.43. The van der Waals surface area contributed by atoms with Gasteiger partial charge < -0.3 is 21.3 Å². The molecule has 224 valence electrons. The number of carboxylic acid groups (broad SMARTS) is 1. The first-order valence-electron chi connectivity index (χ1n) is 14.5. The van der Waals surface area contributed by atoms with Crippen molar-refractivity contribution in [3.8, 4) is 17.8 Å². The van der Waals surface area contributed by atoms with Crippen LogP contribution in [0.5, 0.6) is 5.88 Å². The number of nitrogen functional groups attached to an aromatic ring is 1. The van der Waals surface area contributed by atoms with Crippen molar-refractivity contribution in [2.24, 2.45) is 5.73 Å². The van der Waals surface area contributed by atoms with Crippen molar-refractivity contribution >= 4 is 33.8 Å². The average molecular weight is 603 g/mol. The maximum absolute atomic E-state index is 14.4. The fraction of sp³-hybridized carbons (Fsp3) is 0.467. The minimum absolute atomic E-state index is 0.105. The smallest absolute Gasteiger partial charge is 0.356 e. The van der Waals surface area contributed by atoms with Crippen LogP contribution in [0.2, 0.25) is 0 Å². The maximum Gasteiger partial charge on any atom is 0.356 e. The van der Waals surface area contributed by atoms with Crippen molar-refractivity contribution in [1.82, 2.24) is 24.6 Å². The Labute approximate surface area is 253 Å². The summed E-state index contributed by atoms with van der Waals surface area (Å²) in [6.45, 7) is 2.97. The molecule has 6 rings (SSSR count). The molecule has 5 N–H and O–H groups in total. The third kappa shape index (κ3) is 4.94. The monoisotopic (exact) mass is 602 g/mol. The Morgan fingerprint density at radius 3 is 2.72 bits per heavy atom. The van der Waals surface area contributed by atoms with E-state index in [2.05, 4.69) is 33.1 Å². The van der Waals surface area contributed by atoms with Gasteiger partial charge in [0.25, 0.3) is 0 Å². The Morgan fingerprint density at radius 2 is 2.05 bits per heavy atom. The maximum atomic E-state index is 14.4. The third-order valence-electron chi connectivity index (χ3n) is 9.07. The molecule has 2 fully saturated rings. The minimum atomic E-state index is -1.17. The van der Waals surface area contributed by atoms with Gasteiger partial charge in [-0.3, -0.25) is 9.69 Å². The first kappa shape index (κ1) is 28.8. The van der Waals surface area contributed by atoms with E-state index in [1.54, 1.807) is 6.07 Å². The molecule has 3 aromatic rings. The highest BCUT2D eigenvalue weighted by Gasteiger charge is 2.49. The lowest BCUT2D eigenvalue weighted by molar-refractivity contribution is -0.122. The van der Waals surface area contributed by atoms with Crippen molar-refractivity contribution < 1.29 is 19.4 Å². The van der Waals surface area contributed by atoms with Crippen LogP contribution in [0.4, 0.5) is 5.00 Å². The number of aromatic nitrogens is 4. The van der Waals surface area contributed by atoms with Gasteiger partial charge in [0.05, 0.1) is 16.7 Å². The number of aromatic carboxylic acids is 1. The molecule has 3 aliphatic rings. The first-order valence-corrected chi connectivity index (χ1v) is 15.4. The molecule has 0 bridgehead atoms. The molecule has 1 aliphatic heterocycles. The number of nitrogens with zero attached hydrogens (tertiary/aromatic N) is 6. The SMILES string of the molecule is C[C@H](Oc1cc(-n2ccc(C(=O)O)n2)nc(C(N)=C2CCC[C@@]3(CCCc4sc(N)c(C#N)c43)C2=O)n1)[C@@H]1CCCN1C. The zero-order valence-electron chi connectivity index (χ0n) is 24.2. The molecule has 0 amide bonds. The second kappa shape index (κ2) is 11.1. The number of hydrogen-bond donors (Lipinski definition) is 3. The molecule has 4 heterocycles. The number of allylic oxidation sites excluding steroid dienone is 1. The van der Waals surface area contributed by atoms with Gasteiger partial charge >= 0.3 is 5.97 Å². The number of fused-ring (bicyclic) bond motifs is 2. The van der Waals surface area contributed by atoms with Gasteiger partial charge in [-0.2, -0.15) is 15.3 Å². The number of carbonyl (C=O) groups excluding carboxylic acids is 1. The van der Waals surface area contributed by atoms with Gasteiger partial charge in [-0.25, -0.2) is 14.5 Å². The number of ether oxygens (including phenoxy) is 1. The summed E-state index contributed by atoms with van der Waals surface area (Å²) in [5.41, 5.74) is 13.7. The molecule has 2 aliphatic carbocycles. The van der Waals surface area contributed by atoms with Crippen molar-refractivity contribution in [2.45, 2.75) is 75.9 Å². The number of thiophene rings is 1. The number of carboxylic acids is 1. The summed E-state index contributed by atoms with van der Waals surface area (Å²) in [5.74, 6) is -0.665. The normalized spacial score (nSPS) is 24.0. The fourth-order valence-electron chi connectivity index (χ4n) is 6.99. The molecule has 43 heavy (non-hydrogen) atoms. The van der Waals surface area contributed by atoms with Gasteiger partial charge in [-0.15, -0.1) is 11.3 Å². The zero-order valence-corrected chi connectivity index (χ0v) is 25.0. The quantitative estimate of drug-likeness (QED) is 0.351. The van der Waals surface area contributed by atoms with Crippen molar-refractivity contribution in [2.75, 3.05) is 19.3 Å². The van der Waals surface area contributed by atoms with Gasteiger partial charge in [0.15, 0.2) is 23.1 Å². The van der Waals surface area contributed by atoms with E-state index in [1.807, 2.05) is 6.92 Å². The Hall–Kier alpha value is -4.28. The fourth-order valence-corrected chi connectivity index (χ4v) is 8.15. The van der Waals surface area contributed by atoms with Crippen LogP contribution < -0.4 is 16.2 Å². The highest BCUT2D eigenvalue weighted by atomic mass is 32.1. The van der Waals surface area contributed by atoms with Gasteiger partial charge in [0, 0.05) is 28.8 Å². The van der Waals surface area contributed by atoms with E-state index in [-0.39, 0.29) is 46.8 Å². The summed E-state index contributed by atoms with van der Waals surface area (Å²) in [4.78, 5) is 38.4. The summed E-state index contributed by atoms with van der Waals surface area (Å²) >= 11 is 1.40. The topological polar surface area (TPSA) is 186 Å². The second-order valence-electron chi connectivity index (χ2n) is 11.6. The van der Waals surface area contributed by atoms with E-state index < -0.39 is 11.4 Å². The second-order valence-corrected chi connectivity index (χ2v) is 12.8. The molecular formula is C30H34N8O4S. The molecule has 0 unspecified atom stereocenters. The van der Waals surface area contributed by atoms with Crippen LogP contribution in [0, 0.1) is 11.3 Å². The zero-order chi connectivity index (χ0) is 30.5. The van der Waals surface area contributed by atoms with Gasteiger partial charge in [-0.05, 0) is 83.5 Å². The lowest BCUT2D eigenvalue weighted by Gasteiger charge is -2.40. The van der Waals surface area contributed by atoms with Crippen LogP contribution in [0.25, 0.3) is 11.5 Å². The summed E-state index contributed by atoms with van der Waals surface area (Å²) in [6, 6.07) is 5.42. The molecule has 3 aromatic heterocycles. The number of anilines is 1. The van der Waals surface area contributed by atoms with Crippen LogP contribution in [-0.2, 0) is 16.6 Å². The number of ketones is 1. The number of nitrogens with two attached hydrogens (primary N) is 2. The first-order chi connectivity index (χ1) is 20.6. The van der Waals surface area contributed by atoms with E-state index in [1.165, 1.54) is 28.3 Å². The number of aryl methyl sites for hydroxylation is 1. The minimum Gasteiger partial charge on any atom is -0.476 e. The summed E-state index contributed by atoms with van der Waals surface area (Å²) in [6.07, 6.45) is 7.36. The molecule has 0 aromatic carbocycles.